The quantitative estimate of drug-likeness (QED) is 0.176. The van der Waals surface area contributed by atoms with E-state index in [9.17, 15) is 0 Å². The largest absolute Gasteiger partial charge is 0.309 e. The van der Waals surface area contributed by atoms with E-state index in [-0.39, 0.29) is 0 Å². The zero-order valence-corrected chi connectivity index (χ0v) is 31.4. The molecule has 0 aliphatic heterocycles. The van der Waals surface area contributed by atoms with Crippen molar-refractivity contribution in [3.05, 3.63) is 188 Å². The van der Waals surface area contributed by atoms with Gasteiger partial charge >= 0.3 is 0 Å². The molecule has 0 saturated heterocycles. The fourth-order valence-corrected chi connectivity index (χ4v) is 9.76. The average molecular weight is 746 g/mol. The Morgan fingerprint density at radius 1 is 0.333 bits per heavy atom. The highest BCUT2D eigenvalue weighted by Gasteiger charge is 2.21. The maximum atomic E-state index is 5.04. The standard InChI is InChI=1S/C51H31N5S/c1-4-14-32(15-5-1)49-52-50(33-16-6-2-7-17-33)54-51(53-49)34-24-26-41-46(30-34)57-45-29-28-40-39-27-25-36(31-44(39)56(48(40)47(41)45)35-18-8-3-9-19-35)55-42-22-12-10-20-37(42)38-21-11-13-23-43(38)55/h1-31H. The second kappa shape index (κ2) is 12.6. The number of para-hydroxylation sites is 3. The van der Waals surface area contributed by atoms with E-state index in [0.717, 1.165) is 28.1 Å². The number of hydrogen-bond donors (Lipinski definition) is 0. The molecule has 0 aliphatic rings. The Morgan fingerprint density at radius 2 is 0.860 bits per heavy atom. The molecule has 0 radical (unpaired) electrons. The molecule has 12 aromatic rings. The van der Waals surface area contributed by atoms with Crippen molar-refractivity contribution in [1.82, 2.24) is 24.1 Å². The van der Waals surface area contributed by atoms with Crippen molar-refractivity contribution in [3.8, 4) is 45.5 Å². The summed E-state index contributed by atoms with van der Waals surface area (Å²) in [5.74, 6) is 1.97. The summed E-state index contributed by atoms with van der Waals surface area (Å²) < 4.78 is 7.30. The van der Waals surface area contributed by atoms with Gasteiger partial charge in [-0.15, -0.1) is 11.3 Å². The van der Waals surface area contributed by atoms with E-state index in [1.54, 1.807) is 0 Å². The summed E-state index contributed by atoms with van der Waals surface area (Å²) in [4.78, 5) is 15.0. The molecule has 0 saturated carbocycles. The van der Waals surface area contributed by atoms with E-state index in [1.165, 1.54) is 63.8 Å². The first-order valence-electron chi connectivity index (χ1n) is 19.1. The van der Waals surface area contributed by atoms with Crippen LogP contribution in [0.25, 0.3) is 109 Å². The van der Waals surface area contributed by atoms with Gasteiger partial charge in [-0.3, -0.25) is 0 Å². The molecule has 0 N–H and O–H groups in total. The highest BCUT2D eigenvalue weighted by molar-refractivity contribution is 7.26. The van der Waals surface area contributed by atoms with Crippen LogP contribution in [0.4, 0.5) is 0 Å². The average Bonchev–Trinajstić information content (AvgIpc) is 3.94. The van der Waals surface area contributed by atoms with E-state index in [2.05, 4.69) is 137 Å². The highest BCUT2D eigenvalue weighted by atomic mass is 32.1. The number of aromatic nitrogens is 5. The van der Waals surface area contributed by atoms with Crippen LogP contribution in [0.15, 0.2) is 188 Å². The molecular formula is C51H31N5S. The molecule has 266 valence electrons. The van der Waals surface area contributed by atoms with E-state index in [1.807, 2.05) is 72.0 Å². The van der Waals surface area contributed by atoms with Gasteiger partial charge in [0.2, 0.25) is 0 Å². The molecule has 6 heteroatoms. The van der Waals surface area contributed by atoms with Gasteiger partial charge in [-0.05, 0) is 48.5 Å². The molecule has 0 spiro atoms. The minimum absolute atomic E-state index is 0.656. The number of hydrogen-bond acceptors (Lipinski definition) is 4. The first-order chi connectivity index (χ1) is 28.3. The smallest absolute Gasteiger partial charge is 0.164 e. The van der Waals surface area contributed by atoms with E-state index in [0.29, 0.717) is 17.5 Å². The Kier molecular flexibility index (Phi) is 7.03. The van der Waals surface area contributed by atoms with Crippen LogP contribution in [0.3, 0.4) is 0 Å². The predicted molar refractivity (Wildman–Crippen MR) is 238 cm³/mol. The molecule has 0 fully saturated rings. The number of rotatable bonds is 5. The molecule has 5 nitrogen and oxygen atoms in total. The van der Waals surface area contributed by atoms with Gasteiger partial charge in [0.05, 0.1) is 22.1 Å². The molecule has 0 amide bonds. The molecule has 0 atom stereocenters. The second-order valence-corrected chi connectivity index (χ2v) is 15.5. The normalized spacial score (nSPS) is 11.9. The lowest BCUT2D eigenvalue weighted by Crippen LogP contribution is -2.00. The van der Waals surface area contributed by atoms with Crippen LogP contribution in [0.5, 0.6) is 0 Å². The summed E-state index contributed by atoms with van der Waals surface area (Å²) in [6.45, 7) is 0. The first kappa shape index (κ1) is 31.9. The first-order valence-corrected chi connectivity index (χ1v) is 19.9. The Morgan fingerprint density at radius 3 is 1.51 bits per heavy atom. The summed E-state index contributed by atoms with van der Waals surface area (Å²) in [5.41, 5.74) is 9.93. The molecule has 57 heavy (non-hydrogen) atoms. The summed E-state index contributed by atoms with van der Waals surface area (Å²) in [6, 6.07) is 66.7. The number of thiophene rings is 1. The lowest BCUT2D eigenvalue weighted by Gasteiger charge is -2.11. The summed E-state index contributed by atoms with van der Waals surface area (Å²) in [7, 11) is 0. The molecule has 4 aromatic heterocycles. The van der Waals surface area contributed by atoms with Gasteiger partial charge in [-0.25, -0.2) is 15.0 Å². The van der Waals surface area contributed by atoms with Crippen LogP contribution >= 0.6 is 11.3 Å². The van der Waals surface area contributed by atoms with Crippen molar-refractivity contribution >= 4 is 75.1 Å². The number of benzene rings is 8. The van der Waals surface area contributed by atoms with Crippen LogP contribution in [-0.2, 0) is 0 Å². The number of nitrogens with zero attached hydrogens (tertiary/aromatic N) is 5. The summed E-state index contributed by atoms with van der Waals surface area (Å²) in [5, 5.41) is 7.44. The molecular weight excluding hydrogens is 715 g/mol. The monoisotopic (exact) mass is 745 g/mol. The minimum atomic E-state index is 0.656. The number of fused-ring (bicyclic) bond motifs is 10. The Labute approximate surface area is 331 Å². The predicted octanol–water partition coefficient (Wildman–Crippen LogP) is 13.4. The Balaban J connectivity index is 1.09. The Hall–Kier alpha value is -7.41. The van der Waals surface area contributed by atoms with E-state index >= 15 is 0 Å². The molecule has 0 unspecified atom stereocenters. The van der Waals surface area contributed by atoms with Crippen molar-refractivity contribution in [3.63, 3.8) is 0 Å². The van der Waals surface area contributed by atoms with Gasteiger partial charge in [0.25, 0.3) is 0 Å². The SMILES string of the molecule is c1ccc(-c2nc(-c3ccccc3)nc(-c3ccc4c(c3)sc3ccc5c6ccc(-n7c8ccccc8c8ccccc87)cc6n(-c6ccccc6)c5c34)n2)cc1. The molecule has 0 bridgehead atoms. The molecule has 8 aromatic carbocycles. The van der Waals surface area contributed by atoms with Crippen molar-refractivity contribution < 1.29 is 0 Å². The maximum absolute atomic E-state index is 5.04. The third kappa shape index (κ3) is 4.98. The van der Waals surface area contributed by atoms with Gasteiger partial charge in [0, 0.05) is 69.8 Å². The topological polar surface area (TPSA) is 48.5 Å². The van der Waals surface area contributed by atoms with Crippen LogP contribution in [0.1, 0.15) is 0 Å². The van der Waals surface area contributed by atoms with Crippen LogP contribution < -0.4 is 0 Å². The molecule has 0 aliphatic carbocycles. The van der Waals surface area contributed by atoms with E-state index < -0.39 is 0 Å². The zero-order valence-electron chi connectivity index (χ0n) is 30.5. The van der Waals surface area contributed by atoms with Crippen molar-refractivity contribution in [2.75, 3.05) is 0 Å². The molecule has 12 rings (SSSR count). The zero-order chi connectivity index (χ0) is 37.5. The lowest BCUT2D eigenvalue weighted by molar-refractivity contribution is 1.07. The maximum Gasteiger partial charge on any atom is 0.164 e. The van der Waals surface area contributed by atoms with Crippen molar-refractivity contribution in [1.29, 1.82) is 0 Å². The van der Waals surface area contributed by atoms with Gasteiger partial charge in [-0.1, -0.05) is 140 Å². The second-order valence-electron chi connectivity index (χ2n) is 14.4. The van der Waals surface area contributed by atoms with Gasteiger partial charge in [0.15, 0.2) is 17.5 Å². The molecule has 4 heterocycles. The fourth-order valence-electron chi connectivity index (χ4n) is 8.61. The summed E-state index contributed by atoms with van der Waals surface area (Å²) >= 11 is 1.82. The van der Waals surface area contributed by atoms with E-state index in [4.69, 9.17) is 15.0 Å². The summed E-state index contributed by atoms with van der Waals surface area (Å²) in [6.07, 6.45) is 0. The third-order valence-electron chi connectivity index (χ3n) is 11.2. The minimum Gasteiger partial charge on any atom is -0.309 e. The van der Waals surface area contributed by atoms with Gasteiger partial charge in [-0.2, -0.15) is 0 Å². The van der Waals surface area contributed by atoms with Gasteiger partial charge in [0.1, 0.15) is 0 Å². The third-order valence-corrected chi connectivity index (χ3v) is 12.3. The highest BCUT2D eigenvalue weighted by Crippen LogP contribution is 2.45. The fraction of sp³-hybridized carbons (Fsp3) is 0. The van der Waals surface area contributed by atoms with Crippen LogP contribution in [0.2, 0.25) is 0 Å². The Bertz CT molecular complexity index is 3400. The van der Waals surface area contributed by atoms with Crippen LogP contribution in [0, 0.1) is 0 Å². The van der Waals surface area contributed by atoms with Crippen molar-refractivity contribution in [2.24, 2.45) is 0 Å². The van der Waals surface area contributed by atoms with Crippen LogP contribution in [-0.4, -0.2) is 24.1 Å². The van der Waals surface area contributed by atoms with Crippen molar-refractivity contribution in [2.45, 2.75) is 0 Å². The lowest BCUT2D eigenvalue weighted by atomic mass is 10.1. The van der Waals surface area contributed by atoms with Gasteiger partial charge < -0.3 is 9.13 Å².